The van der Waals surface area contributed by atoms with Gasteiger partial charge < -0.3 is 19.7 Å². The first-order valence-electron chi connectivity index (χ1n) is 9.67. The number of cyclic esters (lactones) is 1. The monoisotopic (exact) mass is 428 g/mol. The standard InChI is InChI=1S/C20H21FN6O4/c1-10-4-5-13(8-14(10)21)17-25-18(31-26-17)11(2)23-19-22-7-6-16(24-19)27-15(12(3)28)9-30-20(27)29/h4-8,11-12,15,28H,9H2,1-3H3,(H,22,23,24)/t11-,12+,15+/m0/s1. The van der Waals surface area contributed by atoms with Crippen molar-refractivity contribution in [1.82, 2.24) is 20.1 Å². The highest BCUT2D eigenvalue weighted by atomic mass is 19.1. The maximum Gasteiger partial charge on any atom is 0.416 e. The highest BCUT2D eigenvalue weighted by Crippen LogP contribution is 2.25. The Morgan fingerprint density at radius 3 is 2.84 bits per heavy atom. The average molecular weight is 428 g/mol. The SMILES string of the molecule is Cc1ccc(-c2noc([C@H](C)Nc3nccc(N4C(=O)OC[C@@H]4[C@@H](C)O)n3)n2)cc1F. The smallest absolute Gasteiger partial charge is 0.416 e. The molecule has 1 amide bonds. The summed E-state index contributed by atoms with van der Waals surface area (Å²) in [5, 5.41) is 16.9. The Hall–Kier alpha value is -3.60. The molecule has 1 fully saturated rings. The Kier molecular flexibility index (Phi) is 5.51. The fraction of sp³-hybridized carbons (Fsp3) is 0.350. The van der Waals surface area contributed by atoms with E-state index in [1.165, 1.54) is 17.2 Å². The van der Waals surface area contributed by atoms with Gasteiger partial charge in [-0.2, -0.15) is 9.97 Å². The third-order valence-corrected chi connectivity index (χ3v) is 4.94. The number of aliphatic hydroxyl groups excluding tert-OH is 1. The minimum Gasteiger partial charge on any atom is -0.447 e. The second kappa shape index (κ2) is 8.26. The zero-order valence-electron chi connectivity index (χ0n) is 17.1. The van der Waals surface area contributed by atoms with Gasteiger partial charge in [-0.1, -0.05) is 17.3 Å². The zero-order chi connectivity index (χ0) is 22.1. The topological polar surface area (TPSA) is 127 Å². The Morgan fingerprint density at radius 1 is 1.29 bits per heavy atom. The average Bonchev–Trinajstić information content (AvgIpc) is 3.37. The van der Waals surface area contributed by atoms with E-state index in [-0.39, 0.29) is 30.1 Å². The van der Waals surface area contributed by atoms with Gasteiger partial charge in [-0.25, -0.2) is 14.2 Å². The molecule has 3 aromatic rings. The molecule has 0 radical (unpaired) electrons. The zero-order valence-corrected chi connectivity index (χ0v) is 17.1. The van der Waals surface area contributed by atoms with Crippen molar-refractivity contribution in [2.75, 3.05) is 16.8 Å². The number of benzene rings is 1. The molecule has 0 bridgehead atoms. The Balaban J connectivity index is 1.51. The number of aromatic nitrogens is 4. The Labute approximate surface area is 177 Å². The number of ether oxygens (including phenoxy) is 1. The number of nitrogens with zero attached hydrogens (tertiary/aromatic N) is 5. The summed E-state index contributed by atoms with van der Waals surface area (Å²) in [6.45, 7) is 5.09. The van der Waals surface area contributed by atoms with Gasteiger partial charge in [-0.3, -0.25) is 4.90 Å². The van der Waals surface area contributed by atoms with E-state index in [1.54, 1.807) is 39.0 Å². The van der Waals surface area contributed by atoms with Crippen LogP contribution in [0.2, 0.25) is 0 Å². The lowest BCUT2D eigenvalue weighted by Crippen LogP contribution is -2.41. The van der Waals surface area contributed by atoms with Crippen molar-refractivity contribution in [2.24, 2.45) is 0 Å². The lowest BCUT2D eigenvalue weighted by Gasteiger charge is -2.22. The summed E-state index contributed by atoms with van der Waals surface area (Å²) in [5.74, 6) is 0.676. The lowest BCUT2D eigenvalue weighted by molar-refractivity contribution is 0.142. The second-order valence-electron chi connectivity index (χ2n) is 7.28. The molecule has 0 saturated carbocycles. The van der Waals surface area contributed by atoms with E-state index >= 15 is 0 Å². The first kappa shape index (κ1) is 20.7. The molecule has 11 heteroatoms. The summed E-state index contributed by atoms with van der Waals surface area (Å²) in [7, 11) is 0. The van der Waals surface area contributed by atoms with Crippen LogP contribution in [-0.2, 0) is 4.74 Å². The van der Waals surface area contributed by atoms with Gasteiger partial charge in [0, 0.05) is 11.8 Å². The summed E-state index contributed by atoms with van der Waals surface area (Å²) < 4.78 is 24.2. The molecule has 3 heterocycles. The molecule has 2 aromatic heterocycles. The number of amides is 1. The highest BCUT2D eigenvalue weighted by Gasteiger charge is 2.38. The minimum atomic E-state index is -0.792. The largest absolute Gasteiger partial charge is 0.447 e. The summed E-state index contributed by atoms with van der Waals surface area (Å²) in [5.41, 5.74) is 1.03. The van der Waals surface area contributed by atoms with Crippen LogP contribution in [0.1, 0.15) is 31.3 Å². The van der Waals surface area contributed by atoms with E-state index in [4.69, 9.17) is 9.26 Å². The summed E-state index contributed by atoms with van der Waals surface area (Å²) in [4.78, 5) is 26.2. The highest BCUT2D eigenvalue weighted by molar-refractivity contribution is 5.89. The van der Waals surface area contributed by atoms with E-state index in [0.717, 1.165) is 0 Å². The first-order chi connectivity index (χ1) is 14.8. The number of hydrogen-bond donors (Lipinski definition) is 2. The number of aliphatic hydroxyl groups is 1. The van der Waals surface area contributed by atoms with E-state index in [9.17, 15) is 14.3 Å². The minimum absolute atomic E-state index is 0.0734. The molecule has 1 aromatic carbocycles. The van der Waals surface area contributed by atoms with Gasteiger partial charge in [0.15, 0.2) is 0 Å². The number of aryl methyl sites for hydroxylation is 1. The summed E-state index contributed by atoms with van der Waals surface area (Å²) in [6, 6.07) is 5.25. The van der Waals surface area contributed by atoms with Gasteiger partial charge in [0.1, 0.15) is 30.3 Å². The Morgan fingerprint density at radius 2 is 2.10 bits per heavy atom. The predicted molar refractivity (Wildman–Crippen MR) is 108 cm³/mol. The maximum absolute atomic E-state index is 13.8. The van der Waals surface area contributed by atoms with Crippen LogP contribution >= 0.6 is 0 Å². The van der Waals surface area contributed by atoms with Crippen molar-refractivity contribution in [3.8, 4) is 11.4 Å². The van der Waals surface area contributed by atoms with Crippen LogP contribution in [0.25, 0.3) is 11.4 Å². The number of hydrogen-bond acceptors (Lipinski definition) is 9. The van der Waals surface area contributed by atoms with Crippen molar-refractivity contribution in [3.63, 3.8) is 0 Å². The molecule has 0 spiro atoms. The Bertz CT molecular complexity index is 1100. The summed E-state index contributed by atoms with van der Waals surface area (Å²) >= 11 is 0. The van der Waals surface area contributed by atoms with Crippen LogP contribution in [0.4, 0.5) is 21.0 Å². The van der Waals surface area contributed by atoms with Gasteiger partial charge in [-0.15, -0.1) is 0 Å². The number of carbonyl (C=O) groups is 1. The van der Waals surface area contributed by atoms with Crippen LogP contribution in [0.15, 0.2) is 35.0 Å². The van der Waals surface area contributed by atoms with E-state index in [2.05, 4.69) is 25.4 Å². The molecule has 0 aliphatic carbocycles. The van der Waals surface area contributed by atoms with Crippen molar-refractivity contribution >= 4 is 17.9 Å². The second-order valence-corrected chi connectivity index (χ2v) is 7.28. The van der Waals surface area contributed by atoms with E-state index < -0.39 is 24.3 Å². The number of halogens is 1. The fourth-order valence-electron chi connectivity index (χ4n) is 3.12. The molecule has 4 rings (SSSR count). The van der Waals surface area contributed by atoms with Gasteiger partial charge in [0.25, 0.3) is 0 Å². The molecule has 31 heavy (non-hydrogen) atoms. The summed E-state index contributed by atoms with van der Waals surface area (Å²) in [6.07, 6.45) is 0.104. The maximum atomic E-state index is 13.8. The molecule has 10 nitrogen and oxygen atoms in total. The molecule has 3 atom stereocenters. The molecule has 1 saturated heterocycles. The van der Waals surface area contributed by atoms with Crippen LogP contribution in [0.3, 0.4) is 0 Å². The van der Waals surface area contributed by atoms with Crippen LogP contribution in [0.5, 0.6) is 0 Å². The number of rotatable bonds is 6. The molecular formula is C20H21FN6O4. The quantitative estimate of drug-likeness (QED) is 0.609. The van der Waals surface area contributed by atoms with E-state index in [1.807, 2.05) is 0 Å². The van der Waals surface area contributed by atoms with Crippen LogP contribution in [-0.4, -0.2) is 50.1 Å². The van der Waals surface area contributed by atoms with Gasteiger partial charge in [0.2, 0.25) is 17.7 Å². The van der Waals surface area contributed by atoms with Crippen LogP contribution in [0, 0.1) is 12.7 Å². The van der Waals surface area contributed by atoms with Gasteiger partial charge in [0.05, 0.1) is 6.10 Å². The number of carbonyl (C=O) groups excluding carboxylic acids is 1. The van der Waals surface area contributed by atoms with E-state index in [0.29, 0.717) is 16.9 Å². The lowest BCUT2D eigenvalue weighted by atomic mass is 10.1. The van der Waals surface area contributed by atoms with Gasteiger partial charge >= 0.3 is 6.09 Å². The molecule has 2 N–H and O–H groups in total. The van der Waals surface area contributed by atoms with Crippen molar-refractivity contribution < 1.29 is 23.6 Å². The number of anilines is 2. The molecule has 162 valence electrons. The fourth-order valence-corrected chi connectivity index (χ4v) is 3.12. The molecule has 0 unspecified atom stereocenters. The first-order valence-corrected chi connectivity index (χ1v) is 9.67. The molecular weight excluding hydrogens is 407 g/mol. The van der Waals surface area contributed by atoms with Crippen molar-refractivity contribution in [1.29, 1.82) is 0 Å². The number of nitrogens with one attached hydrogen (secondary N) is 1. The normalized spacial score (nSPS) is 18.0. The third kappa shape index (κ3) is 4.17. The van der Waals surface area contributed by atoms with Crippen molar-refractivity contribution in [2.45, 2.75) is 39.0 Å². The van der Waals surface area contributed by atoms with Crippen LogP contribution < -0.4 is 10.2 Å². The molecule has 1 aliphatic rings. The third-order valence-electron chi connectivity index (χ3n) is 4.94. The molecule has 1 aliphatic heterocycles. The van der Waals surface area contributed by atoms with Crippen molar-refractivity contribution in [3.05, 3.63) is 47.7 Å². The van der Waals surface area contributed by atoms with Gasteiger partial charge in [-0.05, 0) is 38.5 Å². The predicted octanol–water partition coefficient (Wildman–Crippen LogP) is 2.85.